The maximum atomic E-state index is 12.1. The normalized spacial score (nSPS) is 31.9. The summed E-state index contributed by atoms with van der Waals surface area (Å²) >= 11 is 0. The summed E-state index contributed by atoms with van der Waals surface area (Å²) < 4.78 is 4.80. The molecular weight excluding hydrogens is 236 g/mol. The second kappa shape index (κ2) is 5.67. The van der Waals surface area contributed by atoms with Crippen molar-refractivity contribution in [1.82, 2.24) is 10.6 Å². The number of methoxy groups -OCH3 is 1. The maximum Gasteiger partial charge on any atom is 0.328 e. The molecule has 1 saturated carbocycles. The fraction of sp³-hybridized carbons (Fsp3) is 0.833. The van der Waals surface area contributed by atoms with Crippen molar-refractivity contribution in [3.63, 3.8) is 0 Å². The first-order valence-electron chi connectivity index (χ1n) is 6.39. The van der Waals surface area contributed by atoms with Crippen LogP contribution in [0.15, 0.2) is 0 Å². The van der Waals surface area contributed by atoms with Crippen LogP contribution >= 0.6 is 0 Å². The molecule has 18 heavy (non-hydrogen) atoms. The van der Waals surface area contributed by atoms with Crippen molar-refractivity contribution in [2.75, 3.05) is 20.3 Å². The zero-order valence-corrected chi connectivity index (χ0v) is 10.5. The first-order chi connectivity index (χ1) is 8.63. The zero-order valence-electron chi connectivity index (χ0n) is 10.5. The molecule has 2 fully saturated rings. The largest absolute Gasteiger partial charge is 0.480 e. The SMILES string of the molecule is COCC(NC(=O)C1NCC2CCCC21)C(=O)O. The Balaban J connectivity index is 1.92. The number of carbonyl (C=O) groups excluding carboxylic acids is 1. The van der Waals surface area contributed by atoms with Gasteiger partial charge in [-0.25, -0.2) is 4.79 Å². The second-order valence-corrected chi connectivity index (χ2v) is 5.10. The molecule has 1 aliphatic heterocycles. The number of aliphatic carboxylic acids is 1. The van der Waals surface area contributed by atoms with Gasteiger partial charge in [-0.3, -0.25) is 4.79 Å². The maximum absolute atomic E-state index is 12.1. The number of carboxylic acid groups (broad SMARTS) is 1. The standard InChI is InChI=1S/C12H20N2O4/c1-18-6-9(12(16)17)14-11(15)10-8-4-2-3-7(8)5-13-10/h7-10,13H,2-6H2,1H3,(H,14,15)(H,16,17). The van der Waals surface area contributed by atoms with Crippen LogP contribution in [0, 0.1) is 11.8 Å². The van der Waals surface area contributed by atoms with Gasteiger partial charge in [0.25, 0.3) is 0 Å². The Morgan fingerprint density at radius 1 is 1.50 bits per heavy atom. The van der Waals surface area contributed by atoms with E-state index in [0.29, 0.717) is 11.8 Å². The number of amides is 1. The lowest BCUT2D eigenvalue weighted by atomic mass is 9.93. The van der Waals surface area contributed by atoms with Crippen molar-refractivity contribution >= 4 is 11.9 Å². The van der Waals surface area contributed by atoms with E-state index in [1.807, 2.05) is 0 Å². The number of carbonyl (C=O) groups is 2. The molecule has 1 heterocycles. The number of carboxylic acids is 1. The monoisotopic (exact) mass is 256 g/mol. The Bertz CT molecular complexity index is 334. The predicted molar refractivity (Wildman–Crippen MR) is 64.1 cm³/mol. The molecule has 4 unspecified atom stereocenters. The second-order valence-electron chi connectivity index (χ2n) is 5.10. The highest BCUT2D eigenvalue weighted by atomic mass is 16.5. The molecule has 3 N–H and O–H groups in total. The average molecular weight is 256 g/mol. The molecule has 102 valence electrons. The van der Waals surface area contributed by atoms with Crippen LogP contribution in [-0.4, -0.2) is 49.3 Å². The van der Waals surface area contributed by atoms with Gasteiger partial charge in [-0.05, 0) is 31.2 Å². The number of hydrogen-bond acceptors (Lipinski definition) is 4. The van der Waals surface area contributed by atoms with Crippen LogP contribution in [-0.2, 0) is 14.3 Å². The van der Waals surface area contributed by atoms with Crippen molar-refractivity contribution in [2.24, 2.45) is 11.8 Å². The fourth-order valence-corrected chi connectivity index (χ4v) is 3.08. The van der Waals surface area contributed by atoms with Gasteiger partial charge in [-0.2, -0.15) is 0 Å². The Morgan fingerprint density at radius 3 is 2.94 bits per heavy atom. The van der Waals surface area contributed by atoms with Crippen molar-refractivity contribution < 1.29 is 19.4 Å². The lowest BCUT2D eigenvalue weighted by Gasteiger charge is -2.20. The van der Waals surface area contributed by atoms with E-state index in [1.54, 1.807) is 0 Å². The zero-order chi connectivity index (χ0) is 13.1. The van der Waals surface area contributed by atoms with Crippen molar-refractivity contribution in [3.05, 3.63) is 0 Å². The molecule has 6 nitrogen and oxygen atoms in total. The molecule has 6 heteroatoms. The van der Waals surface area contributed by atoms with Crippen molar-refractivity contribution in [2.45, 2.75) is 31.3 Å². The van der Waals surface area contributed by atoms with E-state index in [2.05, 4.69) is 10.6 Å². The van der Waals surface area contributed by atoms with E-state index in [9.17, 15) is 9.59 Å². The number of nitrogens with one attached hydrogen (secondary N) is 2. The highest BCUT2D eigenvalue weighted by Crippen LogP contribution is 2.37. The highest BCUT2D eigenvalue weighted by Gasteiger charge is 2.43. The molecule has 0 spiro atoms. The Hall–Kier alpha value is -1.14. The van der Waals surface area contributed by atoms with Crippen molar-refractivity contribution in [1.29, 1.82) is 0 Å². The fourth-order valence-electron chi connectivity index (χ4n) is 3.08. The van der Waals surface area contributed by atoms with E-state index in [4.69, 9.17) is 9.84 Å². The van der Waals surface area contributed by atoms with Gasteiger partial charge in [-0.15, -0.1) is 0 Å². The molecule has 4 atom stereocenters. The summed E-state index contributed by atoms with van der Waals surface area (Å²) in [5.41, 5.74) is 0. The Morgan fingerprint density at radius 2 is 2.28 bits per heavy atom. The van der Waals surface area contributed by atoms with Crippen LogP contribution in [0.4, 0.5) is 0 Å². The number of rotatable bonds is 5. The molecule has 2 rings (SSSR count). The van der Waals surface area contributed by atoms with Gasteiger partial charge in [0.05, 0.1) is 12.6 Å². The third kappa shape index (κ3) is 2.64. The van der Waals surface area contributed by atoms with Crippen LogP contribution in [0.3, 0.4) is 0 Å². The van der Waals surface area contributed by atoms with Crippen LogP contribution in [0.1, 0.15) is 19.3 Å². The highest BCUT2D eigenvalue weighted by molar-refractivity contribution is 5.87. The minimum atomic E-state index is -1.06. The molecule has 2 aliphatic rings. The molecule has 1 aliphatic carbocycles. The topological polar surface area (TPSA) is 87.7 Å². The molecule has 0 aromatic rings. The van der Waals surface area contributed by atoms with E-state index in [0.717, 1.165) is 13.0 Å². The summed E-state index contributed by atoms with van der Waals surface area (Å²) in [7, 11) is 1.42. The molecule has 1 saturated heterocycles. The van der Waals surface area contributed by atoms with E-state index in [1.165, 1.54) is 20.0 Å². The summed E-state index contributed by atoms with van der Waals surface area (Å²) in [6.07, 6.45) is 3.39. The minimum Gasteiger partial charge on any atom is -0.480 e. The van der Waals surface area contributed by atoms with Gasteiger partial charge in [-0.1, -0.05) is 6.42 Å². The van der Waals surface area contributed by atoms with Crippen molar-refractivity contribution in [3.8, 4) is 0 Å². The Kier molecular flexibility index (Phi) is 4.19. The summed E-state index contributed by atoms with van der Waals surface area (Å²) in [6, 6.07) is -1.21. The number of fused-ring (bicyclic) bond motifs is 1. The summed E-state index contributed by atoms with van der Waals surface area (Å²) in [6.45, 7) is 0.854. The van der Waals surface area contributed by atoms with Gasteiger partial charge in [0.1, 0.15) is 0 Å². The first kappa shape index (κ1) is 13.3. The van der Waals surface area contributed by atoms with Gasteiger partial charge in [0, 0.05) is 7.11 Å². The third-order valence-corrected chi connectivity index (χ3v) is 3.98. The number of ether oxygens (including phenoxy) is 1. The smallest absolute Gasteiger partial charge is 0.328 e. The molecule has 0 radical (unpaired) electrons. The summed E-state index contributed by atoms with van der Waals surface area (Å²) in [5, 5.41) is 14.7. The summed E-state index contributed by atoms with van der Waals surface area (Å²) in [5.74, 6) is -0.339. The van der Waals surface area contributed by atoms with Crippen LogP contribution < -0.4 is 10.6 Å². The summed E-state index contributed by atoms with van der Waals surface area (Å²) in [4.78, 5) is 23.0. The third-order valence-electron chi connectivity index (χ3n) is 3.98. The van der Waals surface area contributed by atoms with Gasteiger partial charge < -0.3 is 20.5 Å². The molecular formula is C12H20N2O4. The van der Waals surface area contributed by atoms with Crippen LogP contribution in [0.5, 0.6) is 0 Å². The van der Waals surface area contributed by atoms with E-state index >= 15 is 0 Å². The lowest BCUT2D eigenvalue weighted by Crippen LogP contribution is -2.51. The quantitative estimate of drug-likeness (QED) is 0.622. The van der Waals surface area contributed by atoms with Crippen LogP contribution in [0.25, 0.3) is 0 Å². The van der Waals surface area contributed by atoms with E-state index in [-0.39, 0.29) is 18.6 Å². The molecule has 1 amide bonds. The lowest BCUT2D eigenvalue weighted by molar-refractivity contribution is -0.143. The van der Waals surface area contributed by atoms with Gasteiger partial charge >= 0.3 is 5.97 Å². The predicted octanol–water partition coefficient (Wildman–Crippen LogP) is -0.410. The number of hydrogen-bond donors (Lipinski definition) is 3. The average Bonchev–Trinajstić information content (AvgIpc) is 2.89. The van der Waals surface area contributed by atoms with Gasteiger partial charge in [0.15, 0.2) is 6.04 Å². The molecule has 0 aromatic heterocycles. The first-order valence-corrected chi connectivity index (χ1v) is 6.39. The van der Waals surface area contributed by atoms with Crippen LogP contribution in [0.2, 0.25) is 0 Å². The molecule has 0 bridgehead atoms. The Labute approximate surface area is 106 Å². The van der Waals surface area contributed by atoms with Gasteiger partial charge in [0.2, 0.25) is 5.91 Å². The molecule has 0 aromatic carbocycles. The minimum absolute atomic E-state index is 0.0120. The van der Waals surface area contributed by atoms with E-state index < -0.39 is 12.0 Å².